The van der Waals surface area contributed by atoms with Crippen molar-refractivity contribution in [1.29, 1.82) is 0 Å². The predicted molar refractivity (Wildman–Crippen MR) is 170 cm³/mol. The van der Waals surface area contributed by atoms with Gasteiger partial charge in [0, 0.05) is 24.9 Å². The molecule has 1 spiro atoms. The van der Waals surface area contributed by atoms with E-state index in [9.17, 15) is 5.11 Å². The van der Waals surface area contributed by atoms with Gasteiger partial charge in [-0.05, 0) is 77.1 Å². The molecule has 2 aromatic carbocycles. The third-order valence-electron chi connectivity index (χ3n) is 12.6. The summed E-state index contributed by atoms with van der Waals surface area (Å²) in [5.74, 6) is 1.31. The fourth-order valence-corrected chi connectivity index (χ4v) is 15.0. The third-order valence-corrected chi connectivity index (χ3v) is 17.5. The zero-order valence-electron chi connectivity index (χ0n) is 26.1. The van der Waals surface area contributed by atoms with Crippen LogP contribution in [-0.4, -0.2) is 45.1 Å². The maximum absolute atomic E-state index is 11.1. The second kappa shape index (κ2) is 10.4. The molecule has 226 valence electrons. The summed E-state index contributed by atoms with van der Waals surface area (Å²) in [6.45, 7) is 11.7. The van der Waals surface area contributed by atoms with Crippen molar-refractivity contribution in [2.24, 2.45) is 28.6 Å². The Morgan fingerprint density at radius 1 is 0.857 bits per heavy atom. The Hall–Kier alpha value is -1.76. The molecule has 6 atom stereocenters. The summed E-state index contributed by atoms with van der Waals surface area (Å²) < 4.78 is 20.4. The summed E-state index contributed by atoms with van der Waals surface area (Å²) in [4.78, 5) is 0. The number of fused-ring (bicyclic) bond motifs is 5. The third kappa shape index (κ3) is 4.28. The number of benzene rings is 2. The van der Waals surface area contributed by atoms with Gasteiger partial charge in [-0.2, -0.15) is 0 Å². The molecule has 1 heterocycles. The molecule has 7 rings (SSSR count). The number of hydrogen-bond acceptors (Lipinski definition) is 4. The monoisotopic (exact) mass is 586 g/mol. The first-order valence-corrected chi connectivity index (χ1v) is 18.5. The number of hydrogen-bond donors (Lipinski definition) is 1. The molecule has 3 saturated carbocycles. The Labute approximate surface area is 254 Å². The molecule has 0 radical (unpaired) electrons. The summed E-state index contributed by atoms with van der Waals surface area (Å²) >= 11 is 0. The minimum absolute atomic E-state index is 0.0224. The standard InChI is InChI=1S/C37H50O4Si/c1-34(2,3)42(28-11-7-5-8-12-28,29-13-9-6-10-14-29)41-26-36-21-22-37(39-23-24-40-37)25-27(36)15-16-30-31-17-18-33(38)35(31,4)20-19-32(30)36/h5-15,30-33,38H,16-26H2,1-4H3/t30-,31-,32-,33-,35-,36+/m0/s1. The molecule has 0 amide bonds. The van der Waals surface area contributed by atoms with E-state index in [1.165, 1.54) is 22.4 Å². The van der Waals surface area contributed by atoms with Gasteiger partial charge in [-0.25, -0.2) is 0 Å². The highest BCUT2D eigenvalue weighted by Gasteiger charge is 2.62. The smallest absolute Gasteiger partial charge is 0.261 e. The molecular weight excluding hydrogens is 536 g/mol. The molecule has 0 bridgehead atoms. The van der Waals surface area contributed by atoms with E-state index in [4.69, 9.17) is 13.9 Å². The Morgan fingerprint density at radius 3 is 2.12 bits per heavy atom. The topological polar surface area (TPSA) is 47.9 Å². The van der Waals surface area contributed by atoms with Crippen molar-refractivity contribution in [3.05, 3.63) is 72.3 Å². The normalized spacial score (nSPS) is 35.8. The average Bonchev–Trinajstić information content (AvgIpc) is 3.57. The maximum atomic E-state index is 11.1. The summed E-state index contributed by atoms with van der Waals surface area (Å²) in [6, 6.07) is 22.2. The van der Waals surface area contributed by atoms with Gasteiger partial charge in [0.05, 0.1) is 19.3 Å². The van der Waals surface area contributed by atoms with Crippen LogP contribution in [-0.2, 0) is 13.9 Å². The minimum atomic E-state index is -2.69. The fourth-order valence-electron chi connectivity index (χ4n) is 10.4. The Bertz CT molecular complexity index is 1260. The lowest BCUT2D eigenvalue weighted by molar-refractivity contribution is -0.190. The van der Waals surface area contributed by atoms with Crippen molar-refractivity contribution in [1.82, 2.24) is 0 Å². The van der Waals surface area contributed by atoms with Gasteiger partial charge in [0.15, 0.2) is 5.79 Å². The molecule has 2 aromatic rings. The average molecular weight is 587 g/mol. The molecule has 4 nitrogen and oxygen atoms in total. The first kappa shape index (κ1) is 29.0. The molecule has 4 fully saturated rings. The lowest BCUT2D eigenvalue weighted by atomic mass is 9.47. The fraction of sp³-hybridized carbons (Fsp3) is 0.622. The molecule has 1 aliphatic heterocycles. The van der Waals surface area contributed by atoms with E-state index in [1.54, 1.807) is 0 Å². The van der Waals surface area contributed by atoms with Gasteiger partial charge < -0.3 is 19.0 Å². The zero-order valence-corrected chi connectivity index (χ0v) is 27.1. The zero-order chi connectivity index (χ0) is 29.2. The van der Waals surface area contributed by atoms with Crippen molar-refractivity contribution >= 4 is 18.7 Å². The summed E-state index contributed by atoms with van der Waals surface area (Å²) in [5, 5.41) is 13.7. The van der Waals surface area contributed by atoms with E-state index in [0.717, 1.165) is 51.6 Å². The van der Waals surface area contributed by atoms with E-state index < -0.39 is 14.1 Å². The van der Waals surface area contributed by atoms with Gasteiger partial charge in [0.1, 0.15) is 0 Å². The van der Waals surface area contributed by atoms with Crippen molar-refractivity contribution in [2.75, 3.05) is 19.8 Å². The highest BCUT2D eigenvalue weighted by molar-refractivity contribution is 6.99. The van der Waals surface area contributed by atoms with Gasteiger partial charge in [0.2, 0.25) is 0 Å². The highest BCUT2D eigenvalue weighted by Crippen LogP contribution is 2.66. The predicted octanol–water partition coefficient (Wildman–Crippen LogP) is 6.61. The van der Waals surface area contributed by atoms with Crippen LogP contribution in [0.1, 0.15) is 79.1 Å². The van der Waals surface area contributed by atoms with Crippen LogP contribution in [0.3, 0.4) is 0 Å². The van der Waals surface area contributed by atoms with Gasteiger partial charge in [-0.15, -0.1) is 0 Å². The van der Waals surface area contributed by atoms with E-state index in [1.807, 2.05) is 0 Å². The van der Waals surface area contributed by atoms with Gasteiger partial charge in [-0.3, -0.25) is 0 Å². The molecular formula is C37H50O4Si. The Kier molecular flexibility index (Phi) is 7.18. The van der Waals surface area contributed by atoms with Crippen LogP contribution in [0.2, 0.25) is 5.04 Å². The highest BCUT2D eigenvalue weighted by atomic mass is 28.4. The number of ether oxygens (including phenoxy) is 2. The van der Waals surface area contributed by atoms with E-state index in [-0.39, 0.29) is 22.0 Å². The second-order valence-electron chi connectivity index (χ2n) is 15.4. The number of allylic oxidation sites excluding steroid dienone is 1. The Morgan fingerprint density at radius 2 is 1.50 bits per heavy atom. The first-order chi connectivity index (χ1) is 20.1. The largest absolute Gasteiger partial charge is 0.407 e. The van der Waals surface area contributed by atoms with Crippen LogP contribution < -0.4 is 10.4 Å². The molecule has 4 aliphatic carbocycles. The molecule has 1 saturated heterocycles. The van der Waals surface area contributed by atoms with Crippen LogP contribution in [0.4, 0.5) is 0 Å². The van der Waals surface area contributed by atoms with Crippen molar-refractivity contribution < 1.29 is 19.0 Å². The lowest BCUT2D eigenvalue weighted by Crippen LogP contribution is -2.68. The molecule has 5 aliphatic rings. The van der Waals surface area contributed by atoms with E-state index in [0.29, 0.717) is 31.0 Å². The molecule has 1 N–H and O–H groups in total. The van der Waals surface area contributed by atoms with Crippen LogP contribution in [0.5, 0.6) is 0 Å². The van der Waals surface area contributed by atoms with Crippen LogP contribution in [0.25, 0.3) is 0 Å². The van der Waals surface area contributed by atoms with Crippen LogP contribution in [0, 0.1) is 28.6 Å². The maximum Gasteiger partial charge on any atom is 0.261 e. The molecule has 0 aromatic heterocycles. The van der Waals surface area contributed by atoms with Gasteiger partial charge >= 0.3 is 0 Å². The summed E-state index contributed by atoms with van der Waals surface area (Å²) in [7, 11) is -2.69. The van der Waals surface area contributed by atoms with Crippen molar-refractivity contribution in [3.63, 3.8) is 0 Å². The lowest BCUT2D eigenvalue weighted by Gasteiger charge is -2.60. The Balaban J connectivity index is 1.32. The summed E-state index contributed by atoms with van der Waals surface area (Å²) in [5.41, 5.74) is 1.56. The quantitative estimate of drug-likeness (QED) is 0.316. The van der Waals surface area contributed by atoms with E-state index in [2.05, 4.69) is 94.4 Å². The van der Waals surface area contributed by atoms with Crippen molar-refractivity contribution in [3.8, 4) is 0 Å². The van der Waals surface area contributed by atoms with Gasteiger partial charge in [-0.1, -0.05) is 100 Å². The van der Waals surface area contributed by atoms with Crippen molar-refractivity contribution in [2.45, 2.75) is 96.0 Å². The van der Waals surface area contributed by atoms with Crippen LogP contribution >= 0.6 is 0 Å². The van der Waals surface area contributed by atoms with Gasteiger partial charge in [0.25, 0.3) is 8.32 Å². The summed E-state index contributed by atoms with van der Waals surface area (Å²) in [6.07, 6.45) is 10.8. The molecule has 5 heteroatoms. The minimum Gasteiger partial charge on any atom is -0.407 e. The van der Waals surface area contributed by atoms with Crippen LogP contribution in [0.15, 0.2) is 72.3 Å². The SMILES string of the molecule is CC(C)(C)[Si](OC[C@]12CCC3(CC1=CC[C@@H]1[C@@H]2CC[C@]2(C)[C@@H](O)CC[C@@H]12)OCCO3)(c1ccccc1)c1ccccc1. The number of aliphatic hydroxyl groups excluding tert-OH is 1. The number of rotatable bonds is 5. The second-order valence-corrected chi connectivity index (χ2v) is 19.7. The molecule has 0 unspecified atom stereocenters. The van der Waals surface area contributed by atoms with E-state index >= 15 is 0 Å². The number of aliphatic hydroxyl groups is 1. The molecule has 42 heavy (non-hydrogen) atoms. The first-order valence-electron chi connectivity index (χ1n) is 16.5.